The van der Waals surface area contributed by atoms with Crippen LogP contribution in [0.2, 0.25) is 5.02 Å². The van der Waals surface area contributed by atoms with Gasteiger partial charge in [-0.2, -0.15) is 0 Å². The molecule has 0 bridgehead atoms. The highest BCUT2D eigenvalue weighted by atomic mass is 35.5. The molecule has 0 heterocycles. The molecule has 0 aromatic heterocycles. The van der Waals surface area contributed by atoms with Gasteiger partial charge in [0.2, 0.25) is 0 Å². The summed E-state index contributed by atoms with van der Waals surface area (Å²) in [5, 5.41) is 0.141. The molecular weight excluding hydrogens is 310 g/mol. The van der Waals surface area contributed by atoms with E-state index in [1.165, 1.54) is 12.1 Å². The molecule has 2 aromatic rings. The highest BCUT2D eigenvalue weighted by Crippen LogP contribution is 2.24. The molecule has 0 saturated heterocycles. The van der Waals surface area contributed by atoms with Gasteiger partial charge in [-0.1, -0.05) is 11.6 Å². The maximum atomic E-state index is 13.6. The molecule has 2 aromatic carbocycles. The Kier molecular flexibility index (Phi) is 3.82. The maximum Gasteiger partial charge on any atom is 0.264 e. The van der Waals surface area contributed by atoms with Gasteiger partial charge >= 0.3 is 0 Å². The Morgan fingerprint density at radius 1 is 1.05 bits per heavy atom. The van der Waals surface area contributed by atoms with Gasteiger partial charge in [0.25, 0.3) is 10.0 Å². The molecule has 0 atom stereocenters. The van der Waals surface area contributed by atoms with Crippen LogP contribution in [-0.4, -0.2) is 8.42 Å². The third kappa shape index (κ3) is 3.00. The van der Waals surface area contributed by atoms with Gasteiger partial charge in [0, 0.05) is 10.7 Å². The largest absolute Gasteiger partial charge is 0.399 e. The number of nitrogens with two attached hydrogens (primary N) is 1. The molecule has 0 aliphatic carbocycles. The molecule has 0 unspecified atom stereocenters. The first-order valence-corrected chi connectivity index (χ1v) is 7.18. The van der Waals surface area contributed by atoms with E-state index in [0.29, 0.717) is 0 Å². The molecule has 106 valence electrons. The molecule has 3 N–H and O–H groups in total. The number of sulfonamides is 1. The molecule has 0 amide bonds. The minimum atomic E-state index is -4.28. The lowest BCUT2D eigenvalue weighted by molar-refractivity contribution is 0.570. The minimum absolute atomic E-state index is 0.0791. The number of hydrogen-bond acceptors (Lipinski definition) is 3. The predicted molar refractivity (Wildman–Crippen MR) is 73.0 cm³/mol. The number of rotatable bonds is 3. The van der Waals surface area contributed by atoms with Crippen LogP contribution < -0.4 is 10.5 Å². The predicted octanol–water partition coefficient (Wildman–Crippen LogP) is 3.00. The lowest BCUT2D eigenvalue weighted by atomic mass is 10.3. The number of anilines is 2. The fraction of sp³-hybridized carbons (Fsp3) is 0. The summed E-state index contributed by atoms with van der Waals surface area (Å²) in [7, 11) is -4.28. The van der Waals surface area contributed by atoms with Crippen LogP contribution in [0.1, 0.15) is 0 Å². The molecule has 0 radical (unpaired) electrons. The van der Waals surface area contributed by atoms with Crippen LogP contribution in [-0.2, 0) is 10.0 Å². The lowest BCUT2D eigenvalue weighted by Crippen LogP contribution is -2.15. The quantitative estimate of drug-likeness (QED) is 0.854. The molecule has 0 saturated carbocycles. The first-order valence-electron chi connectivity index (χ1n) is 5.32. The zero-order valence-electron chi connectivity index (χ0n) is 9.90. The van der Waals surface area contributed by atoms with E-state index in [2.05, 4.69) is 0 Å². The Hall–Kier alpha value is -1.86. The smallest absolute Gasteiger partial charge is 0.264 e. The maximum absolute atomic E-state index is 13.6. The van der Waals surface area contributed by atoms with Gasteiger partial charge in [-0.05, 0) is 36.4 Å². The van der Waals surface area contributed by atoms with Crippen LogP contribution in [0, 0.1) is 11.6 Å². The first-order chi connectivity index (χ1) is 9.29. The summed E-state index contributed by atoms with van der Waals surface area (Å²) in [5.74, 6) is -1.85. The van der Waals surface area contributed by atoms with Crippen LogP contribution in [0.15, 0.2) is 41.3 Å². The highest BCUT2D eigenvalue weighted by molar-refractivity contribution is 7.92. The summed E-state index contributed by atoms with van der Waals surface area (Å²) in [5.41, 5.74) is 5.05. The Bertz CT molecular complexity index is 766. The van der Waals surface area contributed by atoms with E-state index < -0.39 is 26.6 Å². The van der Waals surface area contributed by atoms with Gasteiger partial charge in [-0.3, -0.25) is 4.72 Å². The summed E-state index contributed by atoms with van der Waals surface area (Å²) in [6.45, 7) is 0. The van der Waals surface area contributed by atoms with E-state index >= 15 is 0 Å². The molecule has 0 fully saturated rings. The van der Waals surface area contributed by atoms with Crippen molar-refractivity contribution in [1.82, 2.24) is 0 Å². The van der Waals surface area contributed by atoms with Crippen molar-refractivity contribution in [2.24, 2.45) is 0 Å². The third-order valence-electron chi connectivity index (χ3n) is 2.42. The molecule has 0 aliphatic rings. The SMILES string of the molecule is Nc1ccc(S(=O)(=O)Nc2cc(Cl)ccc2F)c(F)c1. The number of nitrogen functional groups attached to an aromatic ring is 1. The van der Waals surface area contributed by atoms with Crippen molar-refractivity contribution in [3.8, 4) is 0 Å². The monoisotopic (exact) mass is 318 g/mol. The van der Waals surface area contributed by atoms with Crippen molar-refractivity contribution >= 4 is 33.0 Å². The van der Waals surface area contributed by atoms with E-state index in [0.717, 1.165) is 24.3 Å². The van der Waals surface area contributed by atoms with Gasteiger partial charge in [0.1, 0.15) is 16.5 Å². The van der Waals surface area contributed by atoms with Crippen molar-refractivity contribution in [2.45, 2.75) is 4.90 Å². The standard InChI is InChI=1S/C12H9ClF2N2O2S/c13-7-1-3-9(14)11(5-7)17-20(18,19)12-4-2-8(16)6-10(12)15/h1-6,17H,16H2. The first kappa shape index (κ1) is 14.5. The lowest BCUT2D eigenvalue weighted by Gasteiger charge is -2.10. The molecular formula is C12H9ClF2N2O2S. The summed E-state index contributed by atoms with van der Waals surface area (Å²) in [6.07, 6.45) is 0. The Labute approximate surface area is 119 Å². The van der Waals surface area contributed by atoms with E-state index in [1.807, 2.05) is 4.72 Å². The molecule has 2 rings (SSSR count). The average Bonchev–Trinajstić information content (AvgIpc) is 2.33. The fourth-order valence-corrected chi connectivity index (χ4v) is 2.80. The van der Waals surface area contributed by atoms with Crippen molar-refractivity contribution in [3.05, 3.63) is 53.1 Å². The second-order valence-corrected chi connectivity index (χ2v) is 6.01. The zero-order valence-corrected chi connectivity index (χ0v) is 11.5. The van der Waals surface area contributed by atoms with Gasteiger partial charge in [-0.15, -0.1) is 0 Å². The summed E-state index contributed by atoms with van der Waals surface area (Å²) >= 11 is 5.65. The van der Waals surface area contributed by atoms with Gasteiger partial charge in [0.15, 0.2) is 0 Å². The highest BCUT2D eigenvalue weighted by Gasteiger charge is 2.20. The van der Waals surface area contributed by atoms with Gasteiger partial charge in [0.05, 0.1) is 5.69 Å². The van der Waals surface area contributed by atoms with E-state index in [-0.39, 0.29) is 16.4 Å². The molecule has 0 spiro atoms. The fourth-order valence-electron chi connectivity index (χ4n) is 1.51. The van der Waals surface area contributed by atoms with Crippen LogP contribution >= 0.6 is 11.6 Å². The molecule has 4 nitrogen and oxygen atoms in total. The average molecular weight is 319 g/mol. The van der Waals surface area contributed by atoms with Gasteiger partial charge < -0.3 is 5.73 Å². The topological polar surface area (TPSA) is 72.2 Å². The van der Waals surface area contributed by atoms with E-state index in [1.54, 1.807) is 0 Å². The van der Waals surface area contributed by atoms with Crippen molar-refractivity contribution < 1.29 is 17.2 Å². The second-order valence-electron chi connectivity index (χ2n) is 3.92. The molecule has 0 aliphatic heterocycles. The number of hydrogen-bond donors (Lipinski definition) is 2. The van der Waals surface area contributed by atoms with Crippen molar-refractivity contribution in [1.29, 1.82) is 0 Å². The zero-order chi connectivity index (χ0) is 14.9. The summed E-state index contributed by atoms with van der Waals surface area (Å²) in [6, 6.07) is 6.44. The summed E-state index contributed by atoms with van der Waals surface area (Å²) in [4.78, 5) is -0.633. The normalized spacial score (nSPS) is 11.3. The summed E-state index contributed by atoms with van der Waals surface area (Å²) < 4.78 is 53.0. The van der Waals surface area contributed by atoms with Crippen LogP contribution in [0.25, 0.3) is 0 Å². The Morgan fingerprint density at radius 2 is 1.75 bits per heavy atom. The van der Waals surface area contributed by atoms with Crippen LogP contribution in [0.4, 0.5) is 20.2 Å². The van der Waals surface area contributed by atoms with E-state index in [9.17, 15) is 17.2 Å². The van der Waals surface area contributed by atoms with Crippen LogP contribution in [0.3, 0.4) is 0 Å². The van der Waals surface area contributed by atoms with Crippen molar-refractivity contribution in [3.63, 3.8) is 0 Å². The third-order valence-corrected chi connectivity index (χ3v) is 4.05. The Balaban J connectivity index is 2.43. The molecule has 8 heteroatoms. The van der Waals surface area contributed by atoms with E-state index in [4.69, 9.17) is 17.3 Å². The van der Waals surface area contributed by atoms with Crippen molar-refractivity contribution in [2.75, 3.05) is 10.5 Å². The number of halogens is 3. The van der Waals surface area contributed by atoms with Gasteiger partial charge in [-0.25, -0.2) is 17.2 Å². The minimum Gasteiger partial charge on any atom is -0.399 e. The molecule has 20 heavy (non-hydrogen) atoms. The number of benzene rings is 2. The second kappa shape index (κ2) is 5.26. The van der Waals surface area contributed by atoms with Crippen LogP contribution in [0.5, 0.6) is 0 Å². The Morgan fingerprint density at radius 3 is 2.40 bits per heavy atom. The number of nitrogens with one attached hydrogen (secondary N) is 1.